The van der Waals surface area contributed by atoms with Crippen molar-refractivity contribution in [3.05, 3.63) is 94.6 Å². The molecule has 9 nitrogen and oxygen atoms in total. The van der Waals surface area contributed by atoms with Gasteiger partial charge < -0.3 is 34.2 Å². The zero-order valence-corrected chi connectivity index (χ0v) is 23.2. The number of quaternary nitrogens is 1. The Bertz CT molecular complexity index is 1450. The van der Waals surface area contributed by atoms with Gasteiger partial charge in [-0.1, -0.05) is 48.2 Å². The average Bonchev–Trinajstić information content (AvgIpc) is 3.25. The maximum absolute atomic E-state index is 14.0. The van der Waals surface area contributed by atoms with Gasteiger partial charge in [-0.05, 0) is 53.4 Å². The number of carbonyl (C=O) groups is 2. The Morgan fingerprint density at radius 3 is 2.54 bits per heavy atom. The summed E-state index contributed by atoms with van der Waals surface area (Å²) in [6.07, 6.45) is 0. The fourth-order valence-electron chi connectivity index (χ4n) is 5.37. The van der Waals surface area contributed by atoms with Gasteiger partial charge in [0.25, 0.3) is 5.91 Å². The lowest BCUT2D eigenvalue weighted by Crippen LogP contribution is -3.14. The molecule has 214 valence electrons. The third-order valence-corrected chi connectivity index (χ3v) is 7.65. The highest BCUT2D eigenvalue weighted by Gasteiger charge is 2.44. The van der Waals surface area contributed by atoms with Gasteiger partial charge in [-0.15, -0.1) is 0 Å². The van der Waals surface area contributed by atoms with Crippen LogP contribution in [0.25, 0.3) is 5.76 Å². The maximum Gasteiger partial charge on any atom is 0.295 e. The number of nitrogens with zero attached hydrogens (tertiary/aromatic N) is 1. The van der Waals surface area contributed by atoms with E-state index in [0.29, 0.717) is 48.8 Å². The van der Waals surface area contributed by atoms with Crippen LogP contribution in [-0.4, -0.2) is 68.2 Å². The van der Waals surface area contributed by atoms with E-state index in [1.54, 1.807) is 37.3 Å². The number of methoxy groups -OCH3 is 1. The van der Waals surface area contributed by atoms with Crippen LogP contribution in [0, 0.1) is 6.92 Å². The largest absolute Gasteiger partial charge is 0.872 e. The second-order valence-electron chi connectivity index (χ2n) is 10.3. The number of phenols is 1. The number of aryl methyl sites for hydroxylation is 1. The van der Waals surface area contributed by atoms with Gasteiger partial charge in [-0.2, -0.15) is 0 Å². The van der Waals surface area contributed by atoms with E-state index in [1.807, 2.05) is 30.3 Å². The van der Waals surface area contributed by atoms with Crippen molar-refractivity contribution in [1.29, 1.82) is 0 Å². The van der Waals surface area contributed by atoms with Crippen LogP contribution in [-0.2, 0) is 20.9 Å². The van der Waals surface area contributed by atoms with Crippen molar-refractivity contribution < 1.29 is 38.9 Å². The second kappa shape index (κ2) is 12.4. The molecule has 5 rings (SSSR count). The van der Waals surface area contributed by atoms with E-state index in [9.17, 15) is 19.8 Å². The van der Waals surface area contributed by atoms with Crippen LogP contribution in [0.5, 0.6) is 17.2 Å². The minimum atomic E-state index is -0.911. The first-order valence-corrected chi connectivity index (χ1v) is 13.7. The molecular formula is C32H34N2O7. The van der Waals surface area contributed by atoms with Crippen molar-refractivity contribution in [3.8, 4) is 17.2 Å². The average molecular weight is 559 g/mol. The highest BCUT2D eigenvalue weighted by molar-refractivity contribution is 6.46. The predicted octanol–water partition coefficient (Wildman–Crippen LogP) is 1.43. The maximum atomic E-state index is 14.0. The number of morpholine rings is 1. The van der Waals surface area contributed by atoms with Crippen LogP contribution in [0.1, 0.15) is 28.3 Å². The molecule has 0 bridgehead atoms. The summed E-state index contributed by atoms with van der Waals surface area (Å²) in [5.41, 5.74) is 2.37. The molecule has 2 saturated heterocycles. The minimum absolute atomic E-state index is 0.0778. The molecule has 1 atom stereocenters. The number of ether oxygens (including phenoxy) is 3. The monoisotopic (exact) mass is 558 g/mol. The lowest BCUT2D eigenvalue weighted by Gasteiger charge is -2.30. The van der Waals surface area contributed by atoms with Gasteiger partial charge in [0.05, 0.1) is 39.5 Å². The third kappa shape index (κ3) is 6.06. The van der Waals surface area contributed by atoms with Gasteiger partial charge in [-0.25, -0.2) is 0 Å². The molecule has 0 aliphatic carbocycles. The Morgan fingerprint density at radius 1 is 1.07 bits per heavy atom. The van der Waals surface area contributed by atoms with E-state index in [-0.39, 0.29) is 23.6 Å². The molecule has 3 aromatic carbocycles. The number of aromatic hydroxyl groups is 1. The number of carbonyl (C=O) groups excluding carboxylic acids is 2. The van der Waals surface area contributed by atoms with Crippen molar-refractivity contribution in [3.63, 3.8) is 0 Å². The molecule has 2 aliphatic rings. The number of Topliss-reactive ketones (excluding diaryl/α,β-unsaturated/α-hetero) is 1. The molecule has 2 N–H and O–H groups in total. The Kier molecular flexibility index (Phi) is 8.56. The van der Waals surface area contributed by atoms with Gasteiger partial charge in [0.1, 0.15) is 25.4 Å². The predicted molar refractivity (Wildman–Crippen MR) is 149 cm³/mol. The summed E-state index contributed by atoms with van der Waals surface area (Å²) >= 11 is 0. The number of amides is 1. The Morgan fingerprint density at radius 2 is 1.83 bits per heavy atom. The van der Waals surface area contributed by atoms with Crippen molar-refractivity contribution in [2.75, 3.05) is 46.5 Å². The quantitative estimate of drug-likeness (QED) is 0.232. The van der Waals surface area contributed by atoms with Crippen molar-refractivity contribution in [2.24, 2.45) is 0 Å². The standard InChI is InChI=1S/C32H34N2O7/c1-21-18-24(41-20-22-6-4-3-5-7-22)9-10-25(21)30(36)28-29(23-8-11-26(35)27(19-23)39-2)34(32(38)31(28)37)13-12-33-14-16-40-17-15-33/h3-11,18-19,29,35-36H,12-17,20H2,1-2H3. The summed E-state index contributed by atoms with van der Waals surface area (Å²) in [7, 11) is 1.42. The number of nitrogens with one attached hydrogen (secondary N) is 1. The number of ketones is 1. The summed E-state index contributed by atoms with van der Waals surface area (Å²) < 4.78 is 16.6. The van der Waals surface area contributed by atoms with Crippen LogP contribution in [0.2, 0.25) is 0 Å². The van der Waals surface area contributed by atoms with Gasteiger partial charge >= 0.3 is 0 Å². The van der Waals surface area contributed by atoms with Gasteiger partial charge in [-0.3, -0.25) is 9.59 Å². The van der Waals surface area contributed by atoms with E-state index in [1.165, 1.54) is 23.0 Å². The smallest absolute Gasteiger partial charge is 0.295 e. The number of hydrogen-bond acceptors (Lipinski definition) is 7. The number of benzene rings is 3. The lowest BCUT2D eigenvalue weighted by molar-refractivity contribution is -0.907. The number of rotatable bonds is 9. The Labute approximate surface area is 239 Å². The van der Waals surface area contributed by atoms with E-state index in [2.05, 4.69) is 0 Å². The minimum Gasteiger partial charge on any atom is -0.872 e. The van der Waals surface area contributed by atoms with E-state index >= 15 is 0 Å². The molecule has 2 fully saturated rings. The molecule has 0 saturated carbocycles. The Balaban J connectivity index is 1.49. The van der Waals surface area contributed by atoms with Crippen molar-refractivity contribution in [1.82, 2.24) is 4.90 Å². The molecule has 1 amide bonds. The molecule has 1 unspecified atom stereocenters. The molecule has 9 heteroatoms. The van der Waals surface area contributed by atoms with E-state index in [4.69, 9.17) is 14.2 Å². The molecule has 0 aromatic heterocycles. The molecule has 2 aliphatic heterocycles. The van der Waals surface area contributed by atoms with Crippen LogP contribution in [0.4, 0.5) is 0 Å². The molecule has 0 spiro atoms. The second-order valence-corrected chi connectivity index (χ2v) is 10.3. The van der Waals surface area contributed by atoms with Gasteiger partial charge in [0, 0.05) is 5.57 Å². The first kappa shape index (κ1) is 28.2. The highest BCUT2D eigenvalue weighted by atomic mass is 16.5. The summed E-state index contributed by atoms with van der Waals surface area (Å²) in [6.45, 7) is 5.95. The van der Waals surface area contributed by atoms with Crippen molar-refractivity contribution in [2.45, 2.75) is 19.6 Å². The summed E-state index contributed by atoms with van der Waals surface area (Å²) in [5, 5.41) is 24.2. The highest BCUT2D eigenvalue weighted by Crippen LogP contribution is 2.41. The summed E-state index contributed by atoms with van der Waals surface area (Å²) in [4.78, 5) is 29.5. The summed E-state index contributed by atoms with van der Waals surface area (Å²) in [6, 6.07) is 18.6. The van der Waals surface area contributed by atoms with E-state index < -0.39 is 23.5 Å². The fourth-order valence-corrected chi connectivity index (χ4v) is 5.37. The van der Waals surface area contributed by atoms with Gasteiger partial charge in [0.15, 0.2) is 11.5 Å². The summed E-state index contributed by atoms with van der Waals surface area (Å²) in [5.74, 6) is -1.32. The molecule has 2 heterocycles. The molecule has 0 radical (unpaired) electrons. The lowest BCUT2D eigenvalue weighted by atomic mass is 9.93. The normalized spacial score (nSPS) is 19.0. The molecular weight excluding hydrogens is 524 g/mol. The van der Waals surface area contributed by atoms with Crippen LogP contribution in [0.15, 0.2) is 72.3 Å². The van der Waals surface area contributed by atoms with E-state index in [0.717, 1.165) is 18.7 Å². The number of phenolic OH excluding ortho intramolecular Hbond substituents is 1. The van der Waals surface area contributed by atoms with Crippen LogP contribution >= 0.6 is 0 Å². The SMILES string of the molecule is COc1cc(C2C(=C([O-])c3ccc(OCc4ccccc4)cc3C)C(=O)C(=O)N2CC[NH+]2CCOCC2)ccc1O. The zero-order valence-electron chi connectivity index (χ0n) is 23.2. The fraction of sp³-hybridized carbons (Fsp3) is 0.312. The van der Waals surface area contributed by atoms with Crippen molar-refractivity contribution >= 4 is 17.4 Å². The first-order valence-electron chi connectivity index (χ1n) is 13.7. The zero-order chi connectivity index (χ0) is 28.9. The topological polar surface area (TPSA) is 113 Å². The van der Waals surface area contributed by atoms with Gasteiger partial charge in [0.2, 0.25) is 5.78 Å². The third-order valence-electron chi connectivity index (χ3n) is 7.65. The Hall–Kier alpha value is -4.34. The van der Waals surface area contributed by atoms with Crippen LogP contribution < -0.4 is 19.5 Å². The number of hydrogen-bond donors (Lipinski definition) is 2. The first-order chi connectivity index (χ1) is 19.9. The molecule has 41 heavy (non-hydrogen) atoms. The number of likely N-dealkylation sites (tertiary alicyclic amines) is 1. The van der Waals surface area contributed by atoms with Crippen LogP contribution in [0.3, 0.4) is 0 Å². The molecule has 3 aromatic rings.